The second-order valence-corrected chi connectivity index (χ2v) is 8.33. The van der Waals surface area contributed by atoms with Crippen LogP contribution in [-0.4, -0.2) is 35.1 Å². The summed E-state index contributed by atoms with van der Waals surface area (Å²) in [6.07, 6.45) is -0.648. The summed E-state index contributed by atoms with van der Waals surface area (Å²) in [7, 11) is 0. The van der Waals surface area contributed by atoms with Crippen molar-refractivity contribution in [2.24, 2.45) is 5.10 Å². The fourth-order valence-electron chi connectivity index (χ4n) is 3.12. The second-order valence-electron chi connectivity index (χ2n) is 8.33. The zero-order valence-electron chi connectivity index (χ0n) is 18.3. The van der Waals surface area contributed by atoms with Gasteiger partial charge in [0.2, 0.25) is 0 Å². The first-order valence-corrected chi connectivity index (χ1v) is 10.1. The number of para-hydroxylation sites is 1. The minimum atomic E-state index is -0.746. The van der Waals surface area contributed by atoms with E-state index in [0.717, 1.165) is 12.1 Å². The number of anilines is 3. The Hall–Kier alpha value is -3.75. The van der Waals surface area contributed by atoms with E-state index in [-0.39, 0.29) is 29.3 Å². The van der Waals surface area contributed by atoms with Gasteiger partial charge in [0.05, 0.1) is 17.1 Å². The van der Waals surface area contributed by atoms with Gasteiger partial charge in [0.1, 0.15) is 23.2 Å². The molecule has 9 heteroatoms. The third-order valence-corrected chi connectivity index (χ3v) is 4.53. The molecule has 0 bridgehead atoms. The molecule has 2 aromatic carbocycles. The van der Waals surface area contributed by atoms with Crippen LogP contribution in [0.2, 0.25) is 0 Å². The van der Waals surface area contributed by atoms with Gasteiger partial charge in [-0.15, -0.1) is 0 Å². The van der Waals surface area contributed by atoms with Crippen LogP contribution in [-0.2, 0) is 14.3 Å². The molecule has 0 saturated heterocycles. The molecule has 2 aromatic rings. The Morgan fingerprint density at radius 2 is 1.75 bits per heavy atom. The van der Waals surface area contributed by atoms with E-state index in [4.69, 9.17) is 4.74 Å². The van der Waals surface area contributed by atoms with Gasteiger partial charge < -0.3 is 10.1 Å². The van der Waals surface area contributed by atoms with Crippen LogP contribution in [0.1, 0.15) is 34.1 Å². The van der Waals surface area contributed by atoms with E-state index >= 15 is 0 Å². The lowest BCUT2D eigenvalue weighted by atomic mass is 10.1. The highest BCUT2D eigenvalue weighted by Crippen LogP contribution is 2.27. The molecule has 2 N–H and O–H groups in total. The van der Waals surface area contributed by atoms with E-state index in [1.807, 2.05) is 18.2 Å². The van der Waals surface area contributed by atoms with Crippen LogP contribution in [0.5, 0.6) is 0 Å². The first-order valence-electron chi connectivity index (χ1n) is 10.1. The summed E-state index contributed by atoms with van der Waals surface area (Å²) in [6.45, 7) is 6.57. The summed E-state index contributed by atoms with van der Waals surface area (Å²) in [5.74, 6) is -1.35. The lowest BCUT2D eigenvalue weighted by Gasteiger charge is -2.20. The third-order valence-electron chi connectivity index (χ3n) is 4.53. The number of carbonyl (C=O) groups excluding carboxylic acids is 3. The van der Waals surface area contributed by atoms with Crippen molar-refractivity contribution in [3.63, 3.8) is 0 Å². The number of amides is 2. The maximum atomic E-state index is 13.9. The van der Waals surface area contributed by atoms with Gasteiger partial charge in [-0.05, 0) is 58.0 Å². The summed E-state index contributed by atoms with van der Waals surface area (Å²) in [5.41, 5.74) is 0.265. The Labute approximate surface area is 185 Å². The monoisotopic (exact) mass is 440 g/mol. The van der Waals surface area contributed by atoms with Gasteiger partial charge in [0.15, 0.2) is 5.78 Å². The van der Waals surface area contributed by atoms with E-state index in [1.165, 1.54) is 18.0 Å². The molecule has 1 aliphatic heterocycles. The van der Waals surface area contributed by atoms with Crippen LogP contribution in [0.4, 0.5) is 26.2 Å². The summed E-state index contributed by atoms with van der Waals surface area (Å²) >= 11 is 0. The third kappa shape index (κ3) is 5.69. The van der Waals surface area contributed by atoms with Gasteiger partial charge in [-0.3, -0.25) is 19.9 Å². The quantitative estimate of drug-likeness (QED) is 0.721. The topological polar surface area (TPSA) is 100 Å². The summed E-state index contributed by atoms with van der Waals surface area (Å²) in [4.78, 5) is 37.1. The number of benzene rings is 2. The molecule has 8 nitrogen and oxygen atoms in total. The van der Waals surface area contributed by atoms with Crippen molar-refractivity contribution in [2.45, 2.75) is 45.8 Å². The highest BCUT2D eigenvalue weighted by molar-refractivity contribution is 6.44. The predicted molar refractivity (Wildman–Crippen MR) is 120 cm³/mol. The van der Waals surface area contributed by atoms with Crippen molar-refractivity contribution in [2.75, 3.05) is 15.6 Å². The summed E-state index contributed by atoms with van der Waals surface area (Å²) in [5, 5.41) is 10.9. The molecular weight excluding hydrogens is 415 g/mol. The lowest BCUT2D eigenvalue weighted by Crippen LogP contribution is -2.33. The number of hydrogen-bond donors (Lipinski definition) is 2. The number of rotatable bonds is 5. The van der Waals surface area contributed by atoms with Crippen molar-refractivity contribution in [1.82, 2.24) is 0 Å². The predicted octanol–water partition coefficient (Wildman–Crippen LogP) is 4.34. The zero-order valence-corrected chi connectivity index (χ0v) is 18.3. The van der Waals surface area contributed by atoms with E-state index in [9.17, 15) is 18.8 Å². The Balaban J connectivity index is 1.81. The van der Waals surface area contributed by atoms with Crippen LogP contribution in [0, 0.1) is 5.82 Å². The molecule has 168 valence electrons. The second kappa shape index (κ2) is 9.17. The maximum Gasteiger partial charge on any atom is 0.412 e. The van der Waals surface area contributed by atoms with Gasteiger partial charge in [0, 0.05) is 6.42 Å². The highest BCUT2D eigenvalue weighted by atomic mass is 19.1. The van der Waals surface area contributed by atoms with Crippen molar-refractivity contribution < 1.29 is 23.5 Å². The standard InChI is InChI=1S/C23H25FN4O4/c1-14(29)20-13-19(27-28(20)16-8-6-5-7-9-16)21(30)25-18-12-15(24)10-11-17(18)26-22(31)32-23(2,3)4/h5-12,20H,13H2,1-4H3,(H,25,30)(H,26,31). The smallest absolute Gasteiger partial charge is 0.412 e. The van der Waals surface area contributed by atoms with Crippen molar-refractivity contribution in [3.05, 3.63) is 54.3 Å². The number of ether oxygens (including phenoxy) is 1. The molecule has 0 fully saturated rings. The molecule has 1 atom stereocenters. The minimum absolute atomic E-state index is 0.0427. The summed E-state index contributed by atoms with van der Waals surface area (Å²) in [6, 6.07) is 12.0. The zero-order chi connectivity index (χ0) is 23.5. The molecule has 32 heavy (non-hydrogen) atoms. The first-order chi connectivity index (χ1) is 15.0. The number of ketones is 1. The first kappa shape index (κ1) is 22.9. The average Bonchev–Trinajstić information content (AvgIpc) is 3.15. The van der Waals surface area contributed by atoms with Crippen molar-refractivity contribution in [1.29, 1.82) is 0 Å². The number of hydrogen-bond acceptors (Lipinski definition) is 6. The molecule has 1 heterocycles. The average molecular weight is 440 g/mol. The Morgan fingerprint density at radius 1 is 1.06 bits per heavy atom. The van der Waals surface area contributed by atoms with Crippen LogP contribution in [0.25, 0.3) is 0 Å². The molecule has 0 saturated carbocycles. The number of nitrogens with zero attached hydrogens (tertiary/aromatic N) is 2. The van der Waals surface area contributed by atoms with Crippen LogP contribution in [0.3, 0.4) is 0 Å². The molecule has 0 aliphatic carbocycles. The number of halogens is 1. The Kier molecular flexibility index (Phi) is 6.57. The van der Waals surface area contributed by atoms with Gasteiger partial charge >= 0.3 is 6.09 Å². The molecular formula is C23H25FN4O4. The Bertz CT molecular complexity index is 1060. The molecule has 0 radical (unpaired) electrons. The van der Waals surface area contributed by atoms with Crippen LogP contribution in [0.15, 0.2) is 53.6 Å². The molecule has 2 amide bonds. The van der Waals surface area contributed by atoms with E-state index < -0.39 is 29.5 Å². The van der Waals surface area contributed by atoms with Gasteiger partial charge in [-0.1, -0.05) is 18.2 Å². The highest BCUT2D eigenvalue weighted by Gasteiger charge is 2.34. The molecule has 0 aromatic heterocycles. The van der Waals surface area contributed by atoms with Crippen molar-refractivity contribution in [3.8, 4) is 0 Å². The largest absolute Gasteiger partial charge is 0.444 e. The van der Waals surface area contributed by atoms with Gasteiger partial charge in [-0.2, -0.15) is 5.10 Å². The van der Waals surface area contributed by atoms with Crippen LogP contribution >= 0.6 is 0 Å². The van der Waals surface area contributed by atoms with E-state index in [0.29, 0.717) is 5.69 Å². The van der Waals surface area contributed by atoms with Crippen LogP contribution < -0.4 is 15.6 Å². The fraction of sp³-hybridized carbons (Fsp3) is 0.304. The fourth-order valence-corrected chi connectivity index (χ4v) is 3.12. The SMILES string of the molecule is CC(=O)C1CC(C(=O)Nc2cc(F)ccc2NC(=O)OC(C)(C)C)=NN1c1ccccc1. The number of nitrogens with one attached hydrogen (secondary N) is 2. The Morgan fingerprint density at radius 3 is 2.38 bits per heavy atom. The molecule has 1 aliphatic rings. The van der Waals surface area contributed by atoms with Gasteiger partial charge in [-0.25, -0.2) is 9.18 Å². The number of Topliss-reactive ketones (excluding diaryl/α,β-unsaturated/α-hetero) is 1. The van der Waals surface area contributed by atoms with E-state index in [2.05, 4.69) is 15.7 Å². The summed E-state index contributed by atoms with van der Waals surface area (Å²) < 4.78 is 19.1. The molecule has 0 spiro atoms. The lowest BCUT2D eigenvalue weighted by molar-refractivity contribution is -0.118. The molecule has 1 unspecified atom stereocenters. The maximum absolute atomic E-state index is 13.9. The minimum Gasteiger partial charge on any atom is -0.444 e. The van der Waals surface area contributed by atoms with E-state index in [1.54, 1.807) is 32.9 Å². The number of carbonyl (C=O) groups is 3. The van der Waals surface area contributed by atoms with Crippen molar-refractivity contribution >= 4 is 40.6 Å². The molecule has 3 rings (SSSR count). The number of hydrazone groups is 1. The normalized spacial score (nSPS) is 15.7. The van der Waals surface area contributed by atoms with Gasteiger partial charge in [0.25, 0.3) is 5.91 Å².